The number of benzene rings is 3. The topological polar surface area (TPSA) is 29.5 Å². The lowest BCUT2D eigenvalue weighted by Crippen LogP contribution is -2.59. The molecule has 2 heterocycles. The number of hydrogen-bond donors (Lipinski definition) is 0. The molecular weight excluding hydrogens is 382 g/mol. The molecule has 2 aliphatic heterocycles. The number of hydrogen-bond acceptors (Lipinski definition) is 2. The average Bonchev–Trinajstić information content (AvgIpc) is 3.17. The maximum atomic E-state index is 14.4. The van der Waals surface area contributed by atoms with E-state index in [-0.39, 0.29) is 11.9 Å². The smallest absolute Gasteiger partial charge is 0.232 e. The van der Waals surface area contributed by atoms with Crippen molar-refractivity contribution in [3.63, 3.8) is 0 Å². The van der Waals surface area contributed by atoms with Gasteiger partial charge in [-0.25, -0.2) is 0 Å². The summed E-state index contributed by atoms with van der Waals surface area (Å²) in [4.78, 5) is 16.4. The molecule has 3 aromatic carbocycles. The lowest BCUT2D eigenvalue weighted by molar-refractivity contribution is -0.174. The molecule has 0 spiro atoms. The highest BCUT2D eigenvalue weighted by Crippen LogP contribution is 2.50. The molecule has 5 rings (SSSR count). The molecule has 31 heavy (non-hydrogen) atoms. The van der Waals surface area contributed by atoms with Crippen LogP contribution in [0.2, 0.25) is 0 Å². The van der Waals surface area contributed by atoms with Crippen molar-refractivity contribution in [1.29, 1.82) is 0 Å². The van der Waals surface area contributed by atoms with E-state index in [4.69, 9.17) is 4.74 Å². The van der Waals surface area contributed by atoms with Crippen LogP contribution in [0.3, 0.4) is 0 Å². The number of amides is 1. The van der Waals surface area contributed by atoms with Crippen LogP contribution in [-0.2, 0) is 22.4 Å². The Labute approximate surface area is 184 Å². The van der Waals surface area contributed by atoms with Crippen LogP contribution in [0, 0.1) is 5.41 Å². The molecule has 2 fully saturated rings. The van der Waals surface area contributed by atoms with Crippen LogP contribution in [0.4, 0.5) is 0 Å². The van der Waals surface area contributed by atoms with E-state index in [1.165, 1.54) is 11.1 Å². The van der Waals surface area contributed by atoms with E-state index in [1.807, 2.05) is 30.3 Å². The first-order valence-electron chi connectivity index (χ1n) is 11.2. The molecular formula is C28H29NO2. The van der Waals surface area contributed by atoms with Gasteiger partial charge in [-0.1, -0.05) is 91.0 Å². The Morgan fingerprint density at radius 2 is 1.32 bits per heavy atom. The van der Waals surface area contributed by atoms with Gasteiger partial charge in [0.1, 0.15) is 5.72 Å². The number of fused-ring (bicyclic) bond motifs is 1. The first-order chi connectivity index (χ1) is 15.1. The van der Waals surface area contributed by atoms with Gasteiger partial charge in [0.05, 0.1) is 18.1 Å². The minimum Gasteiger partial charge on any atom is -0.353 e. The van der Waals surface area contributed by atoms with Crippen LogP contribution >= 0.6 is 0 Å². The molecule has 0 unspecified atom stereocenters. The third-order valence-corrected chi connectivity index (χ3v) is 7.07. The van der Waals surface area contributed by atoms with Crippen molar-refractivity contribution in [1.82, 2.24) is 4.90 Å². The Morgan fingerprint density at radius 3 is 1.87 bits per heavy atom. The maximum Gasteiger partial charge on any atom is 0.232 e. The van der Waals surface area contributed by atoms with Gasteiger partial charge in [0.2, 0.25) is 5.91 Å². The molecule has 3 aromatic rings. The van der Waals surface area contributed by atoms with Crippen molar-refractivity contribution >= 4 is 5.91 Å². The molecule has 2 atom stereocenters. The highest BCUT2D eigenvalue weighted by atomic mass is 16.5. The SMILES string of the molecule is C[C@]12CCC(Cc3ccccc3)(Cc3ccccc3)C(=O)N1[C@H](c1ccccc1)CO2. The second-order valence-corrected chi connectivity index (χ2v) is 9.19. The summed E-state index contributed by atoms with van der Waals surface area (Å²) in [6.07, 6.45) is 3.16. The van der Waals surface area contributed by atoms with Gasteiger partial charge in [0.15, 0.2) is 0 Å². The van der Waals surface area contributed by atoms with E-state index in [9.17, 15) is 4.79 Å². The van der Waals surface area contributed by atoms with E-state index in [1.54, 1.807) is 0 Å². The molecule has 1 amide bonds. The Hall–Kier alpha value is -2.91. The lowest BCUT2D eigenvalue weighted by Gasteiger charge is -2.49. The fourth-order valence-corrected chi connectivity index (χ4v) is 5.40. The lowest BCUT2D eigenvalue weighted by atomic mass is 9.68. The molecule has 0 saturated carbocycles. The third-order valence-electron chi connectivity index (χ3n) is 7.07. The summed E-state index contributed by atoms with van der Waals surface area (Å²) >= 11 is 0. The summed E-state index contributed by atoms with van der Waals surface area (Å²) in [5, 5.41) is 0. The summed E-state index contributed by atoms with van der Waals surface area (Å²) in [6.45, 7) is 2.64. The molecule has 0 aromatic heterocycles. The van der Waals surface area contributed by atoms with Crippen molar-refractivity contribution < 1.29 is 9.53 Å². The fraction of sp³-hybridized carbons (Fsp3) is 0.321. The van der Waals surface area contributed by atoms with Crippen LogP contribution in [0.15, 0.2) is 91.0 Å². The van der Waals surface area contributed by atoms with Gasteiger partial charge in [-0.3, -0.25) is 4.79 Å². The van der Waals surface area contributed by atoms with Gasteiger partial charge < -0.3 is 9.64 Å². The van der Waals surface area contributed by atoms with Crippen LogP contribution in [0.5, 0.6) is 0 Å². The highest BCUT2D eigenvalue weighted by Gasteiger charge is 2.57. The molecule has 158 valence electrons. The van der Waals surface area contributed by atoms with Crippen molar-refractivity contribution in [3.8, 4) is 0 Å². The van der Waals surface area contributed by atoms with Crippen LogP contribution in [-0.4, -0.2) is 23.1 Å². The van der Waals surface area contributed by atoms with E-state index < -0.39 is 11.1 Å². The largest absolute Gasteiger partial charge is 0.353 e. The second-order valence-electron chi connectivity index (χ2n) is 9.19. The van der Waals surface area contributed by atoms with Gasteiger partial charge in [-0.05, 0) is 49.3 Å². The van der Waals surface area contributed by atoms with Crippen molar-refractivity contribution in [2.75, 3.05) is 6.61 Å². The number of ether oxygens (including phenoxy) is 1. The summed E-state index contributed by atoms with van der Waals surface area (Å²) in [5.41, 5.74) is 2.57. The van der Waals surface area contributed by atoms with Gasteiger partial charge in [-0.15, -0.1) is 0 Å². The summed E-state index contributed by atoms with van der Waals surface area (Å²) < 4.78 is 6.28. The maximum absolute atomic E-state index is 14.4. The number of nitrogens with zero attached hydrogens (tertiary/aromatic N) is 1. The average molecular weight is 412 g/mol. The standard InChI is InChI=1S/C28H29NO2/c1-27-17-18-28(19-22-11-5-2-6-12-22,20-23-13-7-3-8-14-23)26(30)29(27)25(21-31-27)24-15-9-4-10-16-24/h2-16,25H,17-21H2,1H3/t25-,27-/m0/s1. The molecule has 3 nitrogen and oxygen atoms in total. The Kier molecular flexibility index (Phi) is 5.15. The monoisotopic (exact) mass is 411 g/mol. The van der Waals surface area contributed by atoms with Gasteiger partial charge >= 0.3 is 0 Å². The second kappa shape index (κ2) is 7.97. The molecule has 2 saturated heterocycles. The number of carbonyl (C=O) groups is 1. The van der Waals surface area contributed by atoms with Crippen LogP contribution in [0.25, 0.3) is 0 Å². The van der Waals surface area contributed by atoms with Gasteiger partial charge in [-0.2, -0.15) is 0 Å². The van der Waals surface area contributed by atoms with Crippen molar-refractivity contribution in [3.05, 3.63) is 108 Å². The number of rotatable bonds is 5. The number of piperidine rings is 1. The van der Waals surface area contributed by atoms with E-state index >= 15 is 0 Å². The molecule has 0 radical (unpaired) electrons. The predicted octanol–water partition coefficient (Wildman–Crippen LogP) is 5.57. The quantitative estimate of drug-likeness (QED) is 0.549. The van der Waals surface area contributed by atoms with Gasteiger partial charge in [0.25, 0.3) is 0 Å². The molecule has 2 aliphatic rings. The van der Waals surface area contributed by atoms with Gasteiger partial charge in [0, 0.05) is 0 Å². The highest BCUT2D eigenvalue weighted by molar-refractivity contribution is 5.85. The first-order valence-corrected chi connectivity index (χ1v) is 11.2. The summed E-state index contributed by atoms with van der Waals surface area (Å²) in [6, 6.07) is 31.2. The molecule has 0 bridgehead atoms. The number of carbonyl (C=O) groups excluding carboxylic acids is 1. The minimum absolute atomic E-state index is 0.0371. The van der Waals surface area contributed by atoms with Crippen molar-refractivity contribution in [2.24, 2.45) is 5.41 Å². The zero-order valence-corrected chi connectivity index (χ0v) is 18.0. The molecule has 0 N–H and O–H groups in total. The zero-order valence-electron chi connectivity index (χ0n) is 18.0. The van der Waals surface area contributed by atoms with E-state index in [2.05, 4.69) is 72.5 Å². The minimum atomic E-state index is -0.533. The zero-order chi connectivity index (χ0) is 21.3. The van der Waals surface area contributed by atoms with E-state index in [0.29, 0.717) is 6.61 Å². The first kappa shape index (κ1) is 20.0. The predicted molar refractivity (Wildman–Crippen MR) is 122 cm³/mol. The summed E-state index contributed by atoms with van der Waals surface area (Å²) in [7, 11) is 0. The molecule has 3 heteroatoms. The van der Waals surface area contributed by atoms with Crippen LogP contribution < -0.4 is 0 Å². The van der Waals surface area contributed by atoms with Crippen molar-refractivity contribution in [2.45, 2.75) is 44.4 Å². The third kappa shape index (κ3) is 3.68. The molecule has 0 aliphatic carbocycles. The fourth-order valence-electron chi connectivity index (χ4n) is 5.40. The normalized spacial score (nSPS) is 24.7. The van der Waals surface area contributed by atoms with E-state index in [0.717, 1.165) is 31.2 Å². The Balaban J connectivity index is 1.55. The Bertz CT molecular complexity index is 993. The summed E-state index contributed by atoms with van der Waals surface area (Å²) in [5.74, 6) is 0.223. The Morgan fingerprint density at radius 1 is 0.806 bits per heavy atom. The van der Waals surface area contributed by atoms with Crippen LogP contribution in [0.1, 0.15) is 42.5 Å².